The molecule has 0 aliphatic rings. The molecule has 0 unspecified atom stereocenters. The van der Waals surface area contributed by atoms with Gasteiger partial charge in [0, 0.05) is 49.1 Å². The van der Waals surface area contributed by atoms with Crippen molar-refractivity contribution in [3.63, 3.8) is 0 Å². The van der Waals surface area contributed by atoms with E-state index in [9.17, 15) is 0 Å². The van der Waals surface area contributed by atoms with Crippen molar-refractivity contribution in [1.82, 2.24) is 0 Å². The Morgan fingerprint density at radius 3 is 1.29 bits per heavy atom. The number of rotatable bonds is 2. The molecular formula is C12H11CaN. The molecule has 0 fully saturated rings. The van der Waals surface area contributed by atoms with Crippen molar-refractivity contribution in [2.45, 2.75) is 0 Å². The molecular weight excluding hydrogens is 198 g/mol. The summed E-state index contributed by atoms with van der Waals surface area (Å²) in [7, 11) is 0. The standard InChI is InChI=1S/C12H11N.Ca/c1-3-7-11(8-4-1)13-12-9-5-2-6-10-12;/h1-10,13H;. The van der Waals surface area contributed by atoms with Crippen LogP contribution < -0.4 is 5.32 Å². The summed E-state index contributed by atoms with van der Waals surface area (Å²) in [6.07, 6.45) is 0. The molecule has 0 atom stereocenters. The fourth-order valence-corrected chi connectivity index (χ4v) is 1.21. The Balaban J connectivity index is 0.000000980. The molecule has 1 nitrogen and oxygen atoms in total. The van der Waals surface area contributed by atoms with Gasteiger partial charge in [0.05, 0.1) is 0 Å². The van der Waals surface area contributed by atoms with Crippen LogP contribution in [0.2, 0.25) is 0 Å². The van der Waals surface area contributed by atoms with E-state index in [1.807, 2.05) is 60.7 Å². The van der Waals surface area contributed by atoms with Crippen LogP contribution in [0.5, 0.6) is 0 Å². The minimum atomic E-state index is 0. The molecule has 0 spiro atoms. The van der Waals surface area contributed by atoms with Gasteiger partial charge in [-0.2, -0.15) is 0 Å². The van der Waals surface area contributed by atoms with E-state index in [0.717, 1.165) is 11.4 Å². The summed E-state index contributed by atoms with van der Waals surface area (Å²) in [6.45, 7) is 0. The molecule has 2 heteroatoms. The first-order chi connectivity index (χ1) is 6.45. The zero-order chi connectivity index (χ0) is 8.93. The number of hydrogen-bond donors (Lipinski definition) is 1. The number of anilines is 2. The molecule has 66 valence electrons. The third-order valence-corrected chi connectivity index (χ3v) is 1.84. The first-order valence-electron chi connectivity index (χ1n) is 4.32. The van der Waals surface area contributed by atoms with E-state index in [1.165, 1.54) is 0 Å². The SMILES string of the molecule is [Ca].c1ccc(Nc2ccccc2)cc1. The summed E-state index contributed by atoms with van der Waals surface area (Å²) in [6, 6.07) is 20.3. The molecule has 0 saturated carbocycles. The van der Waals surface area contributed by atoms with E-state index in [4.69, 9.17) is 0 Å². The van der Waals surface area contributed by atoms with Gasteiger partial charge in [0.2, 0.25) is 0 Å². The fourth-order valence-electron chi connectivity index (χ4n) is 1.21. The summed E-state index contributed by atoms with van der Waals surface area (Å²) < 4.78 is 0. The van der Waals surface area contributed by atoms with Crippen LogP contribution in [0, 0.1) is 0 Å². The predicted molar refractivity (Wildman–Crippen MR) is 61.9 cm³/mol. The molecule has 0 amide bonds. The van der Waals surface area contributed by atoms with E-state index in [-0.39, 0.29) is 37.7 Å². The summed E-state index contributed by atoms with van der Waals surface area (Å²) in [4.78, 5) is 0. The maximum absolute atomic E-state index is 3.30. The van der Waals surface area contributed by atoms with Crippen LogP contribution in [0.4, 0.5) is 11.4 Å². The second-order valence-corrected chi connectivity index (χ2v) is 2.86. The van der Waals surface area contributed by atoms with Gasteiger partial charge in [-0.05, 0) is 24.3 Å². The van der Waals surface area contributed by atoms with E-state index in [0.29, 0.717) is 0 Å². The van der Waals surface area contributed by atoms with Gasteiger partial charge in [0.1, 0.15) is 0 Å². The average Bonchev–Trinajstić information content (AvgIpc) is 2.21. The Bertz CT molecular complexity index is 321. The second kappa shape index (κ2) is 6.07. The molecule has 2 radical (unpaired) electrons. The van der Waals surface area contributed by atoms with Crippen LogP contribution in [0.15, 0.2) is 60.7 Å². The first-order valence-corrected chi connectivity index (χ1v) is 4.32. The molecule has 2 rings (SSSR count). The Morgan fingerprint density at radius 1 is 0.571 bits per heavy atom. The Morgan fingerprint density at radius 2 is 0.929 bits per heavy atom. The zero-order valence-corrected chi connectivity index (χ0v) is 10.2. The Kier molecular flexibility index (Phi) is 5.02. The molecule has 2 aromatic carbocycles. The summed E-state index contributed by atoms with van der Waals surface area (Å²) in [5.41, 5.74) is 2.24. The van der Waals surface area contributed by atoms with Crippen LogP contribution >= 0.6 is 0 Å². The van der Waals surface area contributed by atoms with Crippen LogP contribution in [0.25, 0.3) is 0 Å². The maximum Gasteiger partial charge on any atom is 0.0384 e. The first kappa shape index (κ1) is 11.6. The van der Waals surface area contributed by atoms with Gasteiger partial charge >= 0.3 is 0 Å². The third kappa shape index (κ3) is 3.33. The molecule has 2 aromatic rings. The maximum atomic E-state index is 3.30. The monoisotopic (exact) mass is 209 g/mol. The smallest absolute Gasteiger partial charge is 0.0384 e. The molecule has 14 heavy (non-hydrogen) atoms. The quantitative estimate of drug-likeness (QED) is 0.750. The van der Waals surface area contributed by atoms with Gasteiger partial charge in [-0.15, -0.1) is 0 Å². The number of hydrogen-bond acceptors (Lipinski definition) is 1. The van der Waals surface area contributed by atoms with Crippen molar-refractivity contribution in [3.05, 3.63) is 60.7 Å². The average molecular weight is 209 g/mol. The normalized spacial score (nSPS) is 8.86. The van der Waals surface area contributed by atoms with Gasteiger partial charge in [0.15, 0.2) is 0 Å². The van der Waals surface area contributed by atoms with Crippen molar-refractivity contribution in [2.24, 2.45) is 0 Å². The van der Waals surface area contributed by atoms with Crippen molar-refractivity contribution < 1.29 is 0 Å². The van der Waals surface area contributed by atoms with Crippen molar-refractivity contribution >= 4 is 49.1 Å². The van der Waals surface area contributed by atoms with Crippen molar-refractivity contribution in [3.8, 4) is 0 Å². The molecule has 0 aliphatic carbocycles. The molecule has 0 saturated heterocycles. The van der Waals surface area contributed by atoms with Crippen molar-refractivity contribution in [2.75, 3.05) is 5.32 Å². The van der Waals surface area contributed by atoms with Gasteiger partial charge in [0.25, 0.3) is 0 Å². The van der Waals surface area contributed by atoms with Crippen molar-refractivity contribution in [1.29, 1.82) is 0 Å². The minimum absolute atomic E-state index is 0. The third-order valence-electron chi connectivity index (χ3n) is 1.84. The minimum Gasteiger partial charge on any atom is -0.356 e. The Labute approximate surface area is 114 Å². The van der Waals surface area contributed by atoms with Gasteiger partial charge in [-0.3, -0.25) is 0 Å². The molecule has 0 aromatic heterocycles. The Hall–Kier alpha value is -0.500. The second-order valence-electron chi connectivity index (χ2n) is 2.86. The van der Waals surface area contributed by atoms with Crippen LogP contribution in [0.1, 0.15) is 0 Å². The van der Waals surface area contributed by atoms with E-state index < -0.39 is 0 Å². The van der Waals surface area contributed by atoms with E-state index in [2.05, 4.69) is 5.32 Å². The molecule has 0 bridgehead atoms. The fraction of sp³-hybridized carbons (Fsp3) is 0. The number of nitrogens with one attached hydrogen (secondary N) is 1. The van der Waals surface area contributed by atoms with Gasteiger partial charge in [-0.25, -0.2) is 0 Å². The summed E-state index contributed by atoms with van der Waals surface area (Å²) in [5.74, 6) is 0. The predicted octanol–water partition coefficient (Wildman–Crippen LogP) is 3.05. The number of para-hydroxylation sites is 2. The van der Waals surface area contributed by atoms with E-state index >= 15 is 0 Å². The molecule has 0 aliphatic heterocycles. The van der Waals surface area contributed by atoms with Crippen LogP contribution in [-0.2, 0) is 0 Å². The molecule has 0 heterocycles. The molecule has 1 N–H and O–H groups in total. The van der Waals surface area contributed by atoms with Crippen LogP contribution in [-0.4, -0.2) is 37.7 Å². The number of benzene rings is 2. The van der Waals surface area contributed by atoms with Gasteiger partial charge in [-0.1, -0.05) is 36.4 Å². The summed E-state index contributed by atoms with van der Waals surface area (Å²) >= 11 is 0. The summed E-state index contributed by atoms with van der Waals surface area (Å²) in [5, 5.41) is 3.30. The largest absolute Gasteiger partial charge is 0.356 e. The zero-order valence-electron chi connectivity index (χ0n) is 7.98. The topological polar surface area (TPSA) is 12.0 Å². The van der Waals surface area contributed by atoms with E-state index in [1.54, 1.807) is 0 Å². The van der Waals surface area contributed by atoms with Gasteiger partial charge < -0.3 is 5.32 Å². The van der Waals surface area contributed by atoms with Crippen LogP contribution in [0.3, 0.4) is 0 Å².